The van der Waals surface area contributed by atoms with E-state index in [9.17, 15) is 14.4 Å². The van der Waals surface area contributed by atoms with E-state index in [2.05, 4.69) is 9.97 Å². The third kappa shape index (κ3) is 3.37. The Bertz CT molecular complexity index is 1260. The number of ketones is 2. The molecule has 5 rings (SSSR count). The number of H-pyrrole nitrogens is 1. The van der Waals surface area contributed by atoms with Crippen LogP contribution in [0.4, 0.5) is 0 Å². The Morgan fingerprint density at radius 1 is 1.13 bits per heavy atom. The number of nitrogens with one attached hydrogen (secondary N) is 1. The zero-order chi connectivity index (χ0) is 21.4. The van der Waals surface area contributed by atoms with Crippen LogP contribution >= 0.6 is 11.3 Å². The molecule has 7 heteroatoms. The van der Waals surface area contributed by atoms with Crippen molar-refractivity contribution >= 4 is 39.7 Å². The Kier molecular flexibility index (Phi) is 4.95. The number of hydrogen-bond acceptors (Lipinski definition) is 5. The second kappa shape index (κ2) is 7.92. The number of hydrogen-bond donors (Lipinski definition) is 1. The van der Waals surface area contributed by atoms with Gasteiger partial charge in [-0.3, -0.25) is 19.4 Å². The van der Waals surface area contributed by atoms with Gasteiger partial charge in [0.25, 0.3) is 5.91 Å². The summed E-state index contributed by atoms with van der Waals surface area (Å²) in [5.41, 5.74) is 3.25. The summed E-state index contributed by atoms with van der Waals surface area (Å²) in [5, 5.41) is 4.89. The van der Waals surface area contributed by atoms with Crippen LogP contribution in [0.3, 0.4) is 0 Å². The largest absolute Gasteiger partial charge is 0.361 e. The van der Waals surface area contributed by atoms with Crippen LogP contribution in [-0.4, -0.2) is 38.9 Å². The Morgan fingerprint density at radius 2 is 2.00 bits per heavy atom. The van der Waals surface area contributed by atoms with Crippen molar-refractivity contribution in [2.75, 3.05) is 6.54 Å². The van der Waals surface area contributed by atoms with Crippen molar-refractivity contribution < 1.29 is 14.4 Å². The van der Waals surface area contributed by atoms with Gasteiger partial charge in [-0.1, -0.05) is 18.2 Å². The lowest BCUT2D eigenvalue weighted by atomic mass is 9.87. The van der Waals surface area contributed by atoms with Crippen molar-refractivity contribution in [3.8, 4) is 0 Å². The van der Waals surface area contributed by atoms with E-state index >= 15 is 0 Å². The van der Waals surface area contributed by atoms with Crippen LogP contribution in [-0.2, 0) is 16.0 Å². The molecule has 0 radical (unpaired) electrons. The summed E-state index contributed by atoms with van der Waals surface area (Å²) in [7, 11) is 0. The number of rotatable bonds is 6. The van der Waals surface area contributed by atoms with Crippen molar-refractivity contribution in [3.63, 3.8) is 0 Å². The molecule has 2 unspecified atom stereocenters. The van der Waals surface area contributed by atoms with Crippen LogP contribution in [0.5, 0.6) is 0 Å². The molecular weight excluding hydrogens is 410 g/mol. The minimum atomic E-state index is -1.06. The Morgan fingerprint density at radius 3 is 2.77 bits per heavy atom. The second-order valence-corrected chi connectivity index (χ2v) is 8.34. The molecule has 4 heterocycles. The predicted molar refractivity (Wildman–Crippen MR) is 118 cm³/mol. The zero-order valence-corrected chi connectivity index (χ0v) is 17.3. The van der Waals surface area contributed by atoms with Gasteiger partial charge in [0.2, 0.25) is 5.78 Å². The number of aromatic amines is 1. The highest BCUT2D eigenvalue weighted by Gasteiger charge is 2.51. The fourth-order valence-corrected chi connectivity index (χ4v) is 5.00. The Labute approximate surface area is 182 Å². The highest BCUT2D eigenvalue weighted by molar-refractivity contribution is 7.08. The van der Waals surface area contributed by atoms with Crippen molar-refractivity contribution in [2.24, 2.45) is 5.92 Å². The number of aromatic nitrogens is 2. The van der Waals surface area contributed by atoms with Gasteiger partial charge in [0, 0.05) is 41.6 Å². The quantitative estimate of drug-likeness (QED) is 0.287. The molecule has 6 nitrogen and oxygen atoms in total. The molecule has 154 valence electrons. The maximum absolute atomic E-state index is 13.2. The van der Waals surface area contributed by atoms with Crippen molar-refractivity contribution in [2.45, 2.75) is 12.5 Å². The van der Waals surface area contributed by atoms with E-state index in [0.717, 1.165) is 22.0 Å². The van der Waals surface area contributed by atoms with Gasteiger partial charge in [-0.25, -0.2) is 0 Å². The molecule has 1 N–H and O–H groups in total. The molecular formula is C24H19N3O3S. The number of carbonyl (C=O) groups excluding carboxylic acids is 3. The molecule has 0 saturated carbocycles. The number of likely N-dealkylation sites (tertiary alicyclic amines) is 1. The summed E-state index contributed by atoms with van der Waals surface area (Å²) in [6.45, 7) is 0.351. The summed E-state index contributed by atoms with van der Waals surface area (Å²) >= 11 is 1.48. The molecule has 1 aliphatic rings. The predicted octanol–water partition coefficient (Wildman–Crippen LogP) is 3.82. The number of fused-ring (bicyclic) bond motifs is 1. The summed E-state index contributed by atoms with van der Waals surface area (Å²) in [4.78, 5) is 48.0. The van der Waals surface area contributed by atoms with E-state index in [1.807, 2.05) is 47.3 Å². The first-order valence-corrected chi connectivity index (χ1v) is 11.0. The van der Waals surface area contributed by atoms with Crippen LogP contribution in [0, 0.1) is 5.92 Å². The average Bonchev–Trinajstić information content (AvgIpc) is 3.53. The SMILES string of the molecule is O=C1C(=O)N(CCc2c[nH]c3ccccc23)C(c2ccsc2)C1C(=O)c1cccnc1. The van der Waals surface area contributed by atoms with Crippen molar-refractivity contribution in [1.82, 2.24) is 14.9 Å². The molecule has 1 fully saturated rings. The van der Waals surface area contributed by atoms with E-state index in [-0.39, 0.29) is 5.78 Å². The molecule has 0 aliphatic carbocycles. The van der Waals surface area contributed by atoms with Gasteiger partial charge in [0.15, 0.2) is 5.78 Å². The van der Waals surface area contributed by atoms with Crippen LogP contribution in [0.2, 0.25) is 0 Å². The maximum Gasteiger partial charge on any atom is 0.291 e. The van der Waals surface area contributed by atoms with E-state index in [0.29, 0.717) is 18.5 Å². The number of Topliss-reactive ketones (excluding diaryl/α,β-unsaturated/α-hetero) is 2. The van der Waals surface area contributed by atoms with Gasteiger partial charge in [-0.15, -0.1) is 0 Å². The topological polar surface area (TPSA) is 83.1 Å². The zero-order valence-electron chi connectivity index (χ0n) is 16.5. The van der Waals surface area contributed by atoms with Crippen LogP contribution in [0.15, 0.2) is 71.8 Å². The lowest BCUT2D eigenvalue weighted by Gasteiger charge is -2.26. The van der Waals surface area contributed by atoms with E-state index in [1.165, 1.54) is 17.5 Å². The second-order valence-electron chi connectivity index (χ2n) is 7.56. The third-order valence-corrected chi connectivity index (χ3v) is 6.52. The molecule has 1 saturated heterocycles. The summed E-state index contributed by atoms with van der Waals surface area (Å²) in [6, 6.07) is 12.5. The molecule has 0 spiro atoms. The minimum Gasteiger partial charge on any atom is -0.361 e. The molecule has 1 aromatic carbocycles. The third-order valence-electron chi connectivity index (χ3n) is 5.82. The molecule has 1 amide bonds. The van der Waals surface area contributed by atoms with Gasteiger partial charge in [0.05, 0.1) is 6.04 Å². The normalized spacial score (nSPS) is 18.8. The number of nitrogens with zero attached hydrogens (tertiary/aromatic N) is 2. The molecule has 2 atom stereocenters. The summed E-state index contributed by atoms with van der Waals surface area (Å²) in [5.74, 6) is -2.67. The number of pyridine rings is 1. The van der Waals surface area contributed by atoms with Gasteiger partial charge in [0.1, 0.15) is 5.92 Å². The fraction of sp³-hybridized carbons (Fsp3) is 0.167. The maximum atomic E-state index is 13.2. The molecule has 0 bridgehead atoms. The van der Waals surface area contributed by atoms with Crippen molar-refractivity contribution in [1.29, 1.82) is 0 Å². The molecule has 31 heavy (non-hydrogen) atoms. The Balaban J connectivity index is 1.48. The van der Waals surface area contributed by atoms with E-state index < -0.39 is 23.7 Å². The first-order chi connectivity index (χ1) is 15.1. The van der Waals surface area contributed by atoms with Crippen LogP contribution < -0.4 is 0 Å². The first-order valence-electron chi connectivity index (χ1n) is 10.0. The molecule has 1 aliphatic heterocycles. The smallest absolute Gasteiger partial charge is 0.291 e. The van der Waals surface area contributed by atoms with Crippen molar-refractivity contribution in [3.05, 3.63) is 88.5 Å². The van der Waals surface area contributed by atoms with Gasteiger partial charge in [-0.05, 0) is 52.6 Å². The fourth-order valence-electron chi connectivity index (χ4n) is 4.31. The first kappa shape index (κ1) is 19.4. The highest BCUT2D eigenvalue weighted by Crippen LogP contribution is 2.39. The Hall–Kier alpha value is -3.58. The highest BCUT2D eigenvalue weighted by atomic mass is 32.1. The molecule has 4 aromatic rings. The van der Waals surface area contributed by atoms with Crippen LogP contribution in [0.1, 0.15) is 27.5 Å². The van der Waals surface area contributed by atoms with Gasteiger partial charge in [-0.2, -0.15) is 11.3 Å². The standard InChI is InChI=1S/C24H19N3O3S/c28-22(16-4-3-9-25-12-16)20-21(17-8-11-31-14-17)27(24(30)23(20)29)10-7-15-13-26-19-6-2-1-5-18(15)19/h1-6,8-9,11-14,20-21,26H,7,10H2. The summed E-state index contributed by atoms with van der Waals surface area (Å²) < 4.78 is 0. The number of thiophene rings is 1. The van der Waals surface area contributed by atoms with Gasteiger partial charge >= 0.3 is 0 Å². The number of benzene rings is 1. The van der Waals surface area contributed by atoms with E-state index in [4.69, 9.17) is 0 Å². The van der Waals surface area contributed by atoms with E-state index in [1.54, 1.807) is 23.2 Å². The lowest BCUT2D eigenvalue weighted by molar-refractivity contribution is -0.140. The summed E-state index contributed by atoms with van der Waals surface area (Å²) in [6.07, 6.45) is 5.53. The average molecular weight is 430 g/mol. The monoisotopic (exact) mass is 429 g/mol. The number of carbonyl (C=O) groups is 3. The van der Waals surface area contributed by atoms with Crippen LogP contribution in [0.25, 0.3) is 10.9 Å². The number of amides is 1. The molecule has 3 aromatic heterocycles. The minimum absolute atomic E-state index is 0.340. The lowest BCUT2D eigenvalue weighted by Crippen LogP contribution is -2.32. The van der Waals surface area contributed by atoms with Gasteiger partial charge < -0.3 is 9.88 Å². The number of para-hydroxylation sites is 1.